The highest BCUT2D eigenvalue weighted by Gasteiger charge is 2.10. The molecule has 0 bridgehead atoms. The van der Waals surface area contributed by atoms with Crippen LogP contribution in [0, 0.1) is 0 Å². The first kappa shape index (κ1) is 14.2. The van der Waals surface area contributed by atoms with Gasteiger partial charge in [-0.1, -0.05) is 53.5 Å². The Hall–Kier alpha value is -1.22. The predicted molar refractivity (Wildman–Crippen MR) is 79.8 cm³/mol. The van der Waals surface area contributed by atoms with Gasteiger partial charge in [0.15, 0.2) is 0 Å². The van der Waals surface area contributed by atoms with E-state index in [0.717, 1.165) is 0 Å². The van der Waals surface area contributed by atoms with Gasteiger partial charge in [-0.3, -0.25) is 0 Å². The van der Waals surface area contributed by atoms with Crippen molar-refractivity contribution in [3.05, 3.63) is 63.6 Å². The van der Waals surface area contributed by atoms with E-state index in [1.165, 1.54) is 11.6 Å². The van der Waals surface area contributed by atoms with Crippen molar-refractivity contribution in [3.63, 3.8) is 0 Å². The molecule has 2 aromatic carbocycles. The first-order chi connectivity index (χ1) is 9.08. The summed E-state index contributed by atoms with van der Waals surface area (Å²) in [5.74, 6) is 0.0822. The zero-order chi connectivity index (χ0) is 13.8. The van der Waals surface area contributed by atoms with E-state index in [9.17, 15) is 5.11 Å². The molecule has 19 heavy (non-hydrogen) atoms. The second kappa shape index (κ2) is 6.29. The molecule has 2 aromatic rings. The van der Waals surface area contributed by atoms with Crippen LogP contribution in [0.15, 0.2) is 42.5 Å². The molecule has 4 heteroatoms. The molecule has 2 rings (SSSR count). The lowest BCUT2D eigenvalue weighted by atomic mass is 10.1. The van der Waals surface area contributed by atoms with Crippen LogP contribution in [-0.2, 0) is 6.54 Å². The molecule has 2 nitrogen and oxygen atoms in total. The number of phenols is 1. The van der Waals surface area contributed by atoms with Gasteiger partial charge in [-0.05, 0) is 24.6 Å². The Bertz CT molecular complexity index is 558. The van der Waals surface area contributed by atoms with Gasteiger partial charge in [-0.15, -0.1) is 0 Å². The Morgan fingerprint density at radius 3 is 2.53 bits per heavy atom. The number of benzene rings is 2. The number of hydrogen-bond donors (Lipinski definition) is 2. The van der Waals surface area contributed by atoms with Crippen molar-refractivity contribution in [1.82, 2.24) is 5.32 Å². The molecule has 0 amide bonds. The molecule has 0 unspecified atom stereocenters. The molecule has 0 saturated heterocycles. The number of aromatic hydroxyl groups is 1. The third kappa shape index (κ3) is 3.63. The van der Waals surface area contributed by atoms with Crippen LogP contribution in [0.1, 0.15) is 24.1 Å². The van der Waals surface area contributed by atoms with Gasteiger partial charge in [0.25, 0.3) is 0 Å². The van der Waals surface area contributed by atoms with Crippen molar-refractivity contribution in [2.24, 2.45) is 0 Å². The molecule has 0 heterocycles. The van der Waals surface area contributed by atoms with Crippen molar-refractivity contribution < 1.29 is 5.11 Å². The number of phenolic OH excluding ortho intramolecular Hbond substituents is 1. The maximum Gasteiger partial charge on any atom is 0.138 e. The highest BCUT2D eigenvalue weighted by Crippen LogP contribution is 2.31. The van der Waals surface area contributed by atoms with Gasteiger partial charge in [0.2, 0.25) is 0 Å². The molecular weight excluding hydrogens is 281 g/mol. The number of halogens is 2. The van der Waals surface area contributed by atoms with Gasteiger partial charge in [-0.2, -0.15) is 0 Å². The molecule has 0 aliphatic heterocycles. The van der Waals surface area contributed by atoms with Crippen LogP contribution in [0.3, 0.4) is 0 Å². The van der Waals surface area contributed by atoms with Crippen LogP contribution in [-0.4, -0.2) is 5.11 Å². The van der Waals surface area contributed by atoms with Gasteiger partial charge in [-0.25, -0.2) is 0 Å². The van der Waals surface area contributed by atoms with E-state index in [2.05, 4.69) is 24.4 Å². The van der Waals surface area contributed by atoms with Crippen molar-refractivity contribution in [2.75, 3.05) is 0 Å². The molecule has 0 aliphatic carbocycles. The van der Waals surface area contributed by atoms with Crippen molar-refractivity contribution in [3.8, 4) is 5.75 Å². The molecule has 0 fully saturated rings. The molecule has 0 aromatic heterocycles. The second-order valence-electron chi connectivity index (χ2n) is 4.41. The van der Waals surface area contributed by atoms with E-state index < -0.39 is 0 Å². The molecule has 0 saturated carbocycles. The standard InChI is InChI=1S/C15H15Cl2NO/c1-10(11-5-3-2-4-6-11)18-9-12-7-13(16)8-14(17)15(12)19/h2-8,10,18-19H,9H2,1H3/t10-/m1/s1. The first-order valence-electron chi connectivity index (χ1n) is 6.03. The second-order valence-corrected chi connectivity index (χ2v) is 5.25. The van der Waals surface area contributed by atoms with Crippen molar-refractivity contribution in [2.45, 2.75) is 19.5 Å². The topological polar surface area (TPSA) is 32.3 Å². The summed E-state index contributed by atoms with van der Waals surface area (Å²) in [7, 11) is 0. The Balaban J connectivity index is 2.07. The fourth-order valence-corrected chi connectivity index (χ4v) is 2.41. The Morgan fingerprint density at radius 2 is 1.84 bits per heavy atom. The molecular formula is C15H15Cl2NO. The molecule has 0 aliphatic rings. The lowest BCUT2D eigenvalue weighted by Crippen LogP contribution is -2.18. The Kier molecular flexibility index (Phi) is 4.70. The van der Waals surface area contributed by atoms with Crippen LogP contribution in [0.4, 0.5) is 0 Å². The summed E-state index contributed by atoms with van der Waals surface area (Å²) >= 11 is 11.8. The molecule has 100 valence electrons. The van der Waals surface area contributed by atoms with Crippen molar-refractivity contribution in [1.29, 1.82) is 0 Å². The highest BCUT2D eigenvalue weighted by atomic mass is 35.5. The average Bonchev–Trinajstić information content (AvgIpc) is 2.41. The summed E-state index contributed by atoms with van der Waals surface area (Å²) in [6, 6.07) is 13.5. The van der Waals surface area contributed by atoms with Gasteiger partial charge in [0, 0.05) is 23.2 Å². The smallest absolute Gasteiger partial charge is 0.138 e. The maximum atomic E-state index is 9.87. The number of nitrogens with one attached hydrogen (secondary N) is 1. The largest absolute Gasteiger partial charge is 0.506 e. The maximum absolute atomic E-state index is 9.87. The number of rotatable bonds is 4. The fourth-order valence-electron chi connectivity index (χ4n) is 1.88. The molecule has 2 N–H and O–H groups in total. The van der Waals surface area contributed by atoms with E-state index in [0.29, 0.717) is 17.1 Å². The molecule has 1 atom stereocenters. The highest BCUT2D eigenvalue weighted by molar-refractivity contribution is 6.35. The van der Waals surface area contributed by atoms with Gasteiger partial charge >= 0.3 is 0 Å². The summed E-state index contributed by atoms with van der Waals surface area (Å²) in [4.78, 5) is 0. The minimum absolute atomic E-state index is 0.0822. The van der Waals surface area contributed by atoms with Crippen LogP contribution >= 0.6 is 23.2 Å². The Morgan fingerprint density at radius 1 is 1.16 bits per heavy atom. The van der Waals surface area contributed by atoms with E-state index in [1.807, 2.05) is 18.2 Å². The van der Waals surface area contributed by atoms with E-state index in [-0.39, 0.29) is 16.8 Å². The zero-order valence-electron chi connectivity index (χ0n) is 10.5. The lowest BCUT2D eigenvalue weighted by Gasteiger charge is -2.15. The minimum Gasteiger partial charge on any atom is -0.506 e. The van der Waals surface area contributed by atoms with E-state index >= 15 is 0 Å². The summed E-state index contributed by atoms with van der Waals surface area (Å²) in [5.41, 5.74) is 1.88. The van der Waals surface area contributed by atoms with E-state index in [1.54, 1.807) is 6.07 Å². The quantitative estimate of drug-likeness (QED) is 0.867. The van der Waals surface area contributed by atoms with Gasteiger partial charge in [0.05, 0.1) is 5.02 Å². The first-order valence-corrected chi connectivity index (χ1v) is 6.78. The van der Waals surface area contributed by atoms with Crippen LogP contribution in [0.25, 0.3) is 0 Å². The number of hydrogen-bond acceptors (Lipinski definition) is 2. The minimum atomic E-state index is 0.0822. The van der Waals surface area contributed by atoms with Crippen LogP contribution < -0.4 is 5.32 Å². The predicted octanol–water partition coefficient (Wildman–Crippen LogP) is 4.55. The van der Waals surface area contributed by atoms with Crippen molar-refractivity contribution >= 4 is 23.2 Å². The normalized spacial score (nSPS) is 12.4. The third-order valence-corrected chi connectivity index (χ3v) is 3.51. The Labute approximate surface area is 123 Å². The third-order valence-electron chi connectivity index (χ3n) is 3.01. The fraction of sp³-hybridized carbons (Fsp3) is 0.200. The monoisotopic (exact) mass is 295 g/mol. The zero-order valence-corrected chi connectivity index (χ0v) is 12.0. The van der Waals surface area contributed by atoms with Crippen LogP contribution in [0.2, 0.25) is 10.0 Å². The average molecular weight is 296 g/mol. The summed E-state index contributed by atoms with van der Waals surface area (Å²) in [6.45, 7) is 2.57. The summed E-state index contributed by atoms with van der Waals surface area (Å²) < 4.78 is 0. The summed E-state index contributed by atoms with van der Waals surface area (Å²) in [6.07, 6.45) is 0. The van der Waals surface area contributed by atoms with E-state index in [4.69, 9.17) is 23.2 Å². The van der Waals surface area contributed by atoms with Gasteiger partial charge in [0.1, 0.15) is 5.75 Å². The SMILES string of the molecule is C[C@@H](NCc1cc(Cl)cc(Cl)c1O)c1ccccc1. The van der Waals surface area contributed by atoms with Gasteiger partial charge < -0.3 is 10.4 Å². The molecule has 0 radical (unpaired) electrons. The lowest BCUT2D eigenvalue weighted by molar-refractivity contribution is 0.460. The summed E-state index contributed by atoms with van der Waals surface area (Å²) in [5, 5.41) is 14.0. The molecule has 0 spiro atoms. The van der Waals surface area contributed by atoms with Crippen LogP contribution in [0.5, 0.6) is 5.75 Å².